The zero-order valence-electron chi connectivity index (χ0n) is 14.7. The Balaban J connectivity index is 1.49. The molecule has 1 saturated carbocycles. The van der Waals surface area contributed by atoms with Crippen molar-refractivity contribution in [3.8, 4) is 0 Å². The first-order valence-electron chi connectivity index (χ1n) is 9.18. The van der Waals surface area contributed by atoms with Crippen LogP contribution < -0.4 is 0 Å². The maximum absolute atomic E-state index is 13.3. The summed E-state index contributed by atoms with van der Waals surface area (Å²) >= 11 is 0. The second kappa shape index (κ2) is 5.18. The van der Waals surface area contributed by atoms with Crippen LogP contribution in [-0.2, 0) is 23.1 Å². The number of carbonyl (C=O) groups excluding carboxylic acids is 1. The molecule has 1 fully saturated rings. The number of aromatic nitrogens is 2. The van der Waals surface area contributed by atoms with Crippen LogP contribution in [0.3, 0.4) is 0 Å². The average Bonchev–Trinajstić information content (AvgIpc) is 3.23. The number of hydrogen-bond donors (Lipinski definition) is 1. The summed E-state index contributed by atoms with van der Waals surface area (Å²) < 4.78 is 5.84. The number of nitrogens with one attached hydrogen (secondary N) is 1. The van der Waals surface area contributed by atoms with E-state index < -0.39 is 0 Å². The summed E-state index contributed by atoms with van der Waals surface area (Å²) in [6.07, 6.45) is 3.17. The summed E-state index contributed by atoms with van der Waals surface area (Å²) in [5, 5.41) is 7.44. The molecule has 1 N–H and O–H groups in total. The molecule has 1 amide bonds. The van der Waals surface area contributed by atoms with Crippen molar-refractivity contribution in [3.05, 3.63) is 52.3 Å². The molecule has 3 heterocycles. The summed E-state index contributed by atoms with van der Waals surface area (Å²) in [6, 6.07) is 8.58. The lowest BCUT2D eigenvalue weighted by Crippen LogP contribution is -2.42. The number of ether oxygens (including phenoxy) is 1. The quantitative estimate of drug-likeness (QED) is 0.870. The maximum atomic E-state index is 13.3. The number of nitrogens with zero attached hydrogens (tertiary/aromatic N) is 2. The van der Waals surface area contributed by atoms with Gasteiger partial charge in [-0.1, -0.05) is 24.3 Å². The number of rotatable bonds is 1. The van der Waals surface area contributed by atoms with Crippen molar-refractivity contribution in [1.82, 2.24) is 15.1 Å². The van der Waals surface area contributed by atoms with Crippen molar-refractivity contribution < 1.29 is 9.53 Å². The first kappa shape index (κ1) is 15.1. The number of benzene rings is 1. The van der Waals surface area contributed by atoms with Gasteiger partial charge in [0.15, 0.2) is 5.69 Å². The van der Waals surface area contributed by atoms with Gasteiger partial charge in [-0.05, 0) is 37.8 Å². The molecule has 5 nitrogen and oxygen atoms in total. The topological polar surface area (TPSA) is 58.2 Å². The number of amides is 1. The Bertz CT molecular complexity index is 852. The molecule has 1 aromatic heterocycles. The SMILES string of the molecule is C[C@@H]1Cc2c(C(=O)N3Cc4ccccc4C4(CC4)C3)n[nH]c2[C@H](C)O1. The first-order chi connectivity index (χ1) is 12.1. The predicted octanol–water partition coefficient (Wildman–Crippen LogP) is 3.12. The van der Waals surface area contributed by atoms with Crippen molar-refractivity contribution in [2.45, 2.75) is 57.3 Å². The van der Waals surface area contributed by atoms with E-state index in [9.17, 15) is 4.79 Å². The molecule has 130 valence electrons. The van der Waals surface area contributed by atoms with E-state index in [0.29, 0.717) is 12.2 Å². The van der Waals surface area contributed by atoms with Crippen molar-refractivity contribution >= 4 is 5.91 Å². The van der Waals surface area contributed by atoms with Crippen LogP contribution in [0.4, 0.5) is 0 Å². The van der Waals surface area contributed by atoms with Gasteiger partial charge in [-0.3, -0.25) is 9.89 Å². The van der Waals surface area contributed by atoms with Gasteiger partial charge in [-0.25, -0.2) is 0 Å². The molecule has 0 saturated heterocycles. The van der Waals surface area contributed by atoms with E-state index in [0.717, 1.165) is 24.2 Å². The van der Waals surface area contributed by atoms with Crippen molar-refractivity contribution in [2.75, 3.05) is 6.54 Å². The van der Waals surface area contributed by atoms with Crippen molar-refractivity contribution in [2.24, 2.45) is 0 Å². The van der Waals surface area contributed by atoms with Gasteiger partial charge in [-0.2, -0.15) is 5.10 Å². The van der Waals surface area contributed by atoms with Crippen LogP contribution in [0.25, 0.3) is 0 Å². The van der Waals surface area contributed by atoms with E-state index in [1.54, 1.807) is 0 Å². The zero-order valence-corrected chi connectivity index (χ0v) is 14.7. The highest BCUT2D eigenvalue weighted by Gasteiger charge is 2.50. The summed E-state index contributed by atoms with van der Waals surface area (Å²) in [7, 11) is 0. The van der Waals surface area contributed by atoms with Gasteiger partial charge >= 0.3 is 0 Å². The first-order valence-corrected chi connectivity index (χ1v) is 9.18. The molecule has 1 aromatic carbocycles. The fourth-order valence-electron chi connectivity index (χ4n) is 4.61. The van der Waals surface area contributed by atoms with E-state index in [1.165, 1.54) is 24.0 Å². The summed E-state index contributed by atoms with van der Waals surface area (Å²) in [4.78, 5) is 15.3. The van der Waals surface area contributed by atoms with Gasteiger partial charge in [0.1, 0.15) is 0 Å². The molecular formula is C20H23N3O2. The molecule has 25 heavy (non-hydrogen) atoms. The molecule has 5 heteroatoms. The standard InChI is InChI=1S/C20H23N3O2/c1-12-9-15-17(13(2)25-12)21-22-18(15)19(24)23-10-14-5-3-4-6-16(14)20(11-23)7-8-20/h3-6,12-13H,7-11H2,1-2H3,(H,21,22)/t12-,13+/m1/s1. The lowest BCUT2D eigenvalue weighted by Gasteiger charge is -2.35. The smallest absolute Gasteiger partial charge is 0.274 e. The molecule has 0 bridgehead atoms. The lowest BCUT2D eigenvalue weighted by molar-refractivity contribution is -0.00703. The molecule has 0 radical (unpaired) electrons. The highest BCUT2D eigenvalue weighted by molar-refractivity contribution is 5.94. The highest BCUT2D eigenvalue weighted by Crippen LogP contribution is 2.52. The fraction of sp³-hybridized carbons (Fsp3) is 0.500. The van der Waals surface area contributed by atoms with Crippen LogP contribution >= 0.6 is 0 Å². The monoisotopic (exact) mass is 337 g/mol. The summed E-state index contributed by atoms with van der Waals surface area (Å²) in [5.41, 5.74) is 5.50. The van der Waals surface area contributed by atoms with E-state index in [-0.39, 0.29) is 23.5 Å². The van der Waals surface area contributed by atoms with Crippen LogP contribution in [0.2, 0.25) is 0 Å². The lowest BCUT2D eigenvalue weighted by atomic mass is 9.86. The Morgan fingerprint density at radius 1 is 1.32 bits per heavy atom. The number of hydrogen-bond acceptors (Lipinski definition) is 3. The maximum Gasteiger partial charge on any atom is 0.274 e. The Labute approximate surface area is 147 Å². The Kier molecular flexibility index (Phi) is 3.14. The van der Waals surface area contributed by atoms with Gasteiger partial charge in [0.25, 0.3) is 5.91 Å². The summed E-state index contributed by atoms with van der Waals surface area (Å²) in [5.74, 6) is 0.0552. The van der Waals surface area contributed by atoms with Crippen molar-refractivity contribution in [3.63, 3.8) is 0 Å². The molecule has 5 rings (SSSR count). The van der Waals surface area contributed by atoms with E-state index in [4.69, 9.17) is 4.74 Å². The third-order valence-corrected chi connectivity index (χ3v) is 6.02. The van der Waals surface area contributed by atoms with Gasteiger partial charge in [0.2, 0.25) is 0 Å². The van der Waals surface area contributed by atoms with Gasteiger partial charge < -0.3 is 9.64 Å². The zero-order chi connectivity index (χ0) is 17.2. The van der Waals surface area contributed by atoms with Crippen molar-refractivity contribution in [1.29, 1.82) is 0 Å². The van der Waals surface area contributed by atoms with E-state index in [2.05, 4.69) is 41.4 Å². The molecule has 2 atom stereocenters. The fourth-order valence-corrected chi connectivity index (χ4v) is 4.61. The second-order valence-electron chi connectivity index (χ2n) is 7.86. The highest BCUT2D eigenvalue weighted by atomic mass is 16.5. The minimum atomic E-state index is -0.0374. The van der Waals surface area contributed by atoms with Gasteiger partial charge in [0, 0.05) is 30.5 Å². The van der Waals surface area contributed by atoms with Gasteiger partial charge in [0.05, 0.1) is 17.9 Å². The van der Waals surface area contributed by atoms with Crippen LogP contribution in [0, 0.1) is 0 Å². The van der Waals surface area contributed by atoms with Gasteiger partial charge in [-0.15, -0.1) is 0 Å². The average molecular weight is 337 g/mol. The second-order valence-corrected chi connectivity index (χ2v) is 7.86. The molecule has 2 aromatic rings. The molecule has 1 aliphatic carbocycles. The molecule has 1 spiro atoms. The van der Waals surface area contributed by atoms with E-state index in [1.807, 2.05) is 11.8 Å². The molecule has 3 aliphatic rings. The minimum absolute atomic E-state index is 0.0374. The predicted molar refractivity (Wildman–Crippen MR) is 93.3 cm³/mol. The van der Waals surface area contributed by atoms with Crippen LogP contribution in [0.5, 0.6) is 0 Å². The largest absolute Gasteiger partial charge is 0.369 e. The van der Waals surface area contributed by atoms with Crippen LogP contribution in [0.15, 0.2) is 24.3 Å². The van der Waals surface area contributed by atoms with E-state index >= 15 is 0 Å². The summed E-state index contributed by atoms with van der Waals surface area (Å²) in [6.45, 7) is 5.56. The molecular weight excluding hydrogens is 314 g/mol. The normalized spacial score (nSPS) is 26.2. The number of fused-ring (bicyclic) bond motifs is 3. The minimum Gasteiger partial charge on any atom is -0.369 e. The Morgan fingerprint density at radius 2 is 2.12 bits per heavy atom. The third-order valence-electron chi connectivity index (χ3n) is 6.02. The third kappa shape index (κ3) is 2.25. The Morgan fingerprint density at radius 3 is 2.92 bits per heavy atom. The molecule has 2 aliphatic heterocycles. The number of H-pyrrole nitrogens is 1. The van der Waals surface area contributed by atoms with Crippen LogP contribution in [0.1, 0.15) is 65.7 Å². The molecule has 0 unspecified atom stereocenters. The van der Waals surface area contributed by atoms with Crippen LogP contribution in [-0.4, -0.2) is 33.7 Å². The number of aromatic amines is 1. The Hall–Kier alpha value is -2.14. The number of carbonyl (C=O) groups is 1.